The summed E-state index contributed by atoms with van der Waals surface area (Å²) in [4.78, 5) is 22.8. The summed E-state index contributed by atoms with van der Waals surface area (Å²) in [5, 5.41) is 21.4. The number of nitrogens with zero attached hydrogens (tertiary/aromatic N) is 2. The number of nitriles is 2. The molecule has 0 aromatic carbocycles. The fourth-order valence-electron chi connectivity index (χ4n) is 0.996. The number of rotatable bonds is 7. The van der Waals surface area contributed by atoms with Gasteiger partial charge in [-0.05, 0) is 6.26 Å². The molecule has 0 saturated carbocycles. The van der Waals surface area contributed by atoms with Crippen LogP contribution in [0.2, 0.25) is 0 Å². The van der Waals surface area contributed by atoms with Crippen LogP contribution < -0.4 is 10.6 Å². The molecule has 0 heterocycles. The maximum absolute atomic E-state index is 11.6. The number of amides is 2. The Morgan fingerprint density at radius 2 is 2.11 bits per heavy atom. The van der Waals surface area contributed by atoms with Crippen molar-refractivity contribution in [3.63, 3.8) is 0 Å². The topological polar surface area (TPSA) is 115 Å². The van der Waals surface area contributed by atoms with Crippen LogP contribution in [0.25, 0.3) is 0 Å². The number of ether oxygens (including phenoxy) is 1. The van der Waals surface area contributed by atoms with Crippen molar-refractivity contribution in [2.24, 2.45) is 0 Å². The lowest BCUT2D eigenvalue weighted by molar-refractivity contribution is -0.122. The molecule has 0 aliphatic heterocycles. The van der Waals surface area contributed by atoms with Crippen LogP contribution in [-0.2, 0) is 9.53 Å². The molecule has 8 heteroatoms. The number of carbonyl (C=O) groups excluding carboxylic acids is 2. The summed E-state index contributed by atoms with van der Waals surface area (Å²) in [6.07, 6.45) is 1.18. The predicted octanol–water partition coefficient (Wildman–Crippen LogP) is -0.00234. The quantitative estimate of drug-likeness (QED) is 0.629. The van der Waals surface area contributed by atoms with E-state index in [1.807, 2.05) is 6.07 Å². The fraction of sp³-hybridized carbons (Fsp3) is 0.600. The Balaban J connectivity index is 4.20. The lowest BCUT2D eigenvalue weighted by atomic mass is 10.3. The van der Waals surface area contributed by atoms with E-state index in [2.05, 4.69) is 15.4 Å². The molecule has 98 valence electrons. The maximum Gasteiger partial charge on any atom is 0.408 e. The Kier molecular flexibility index (Phi) is 9.14. The molecular formula is C10H14N4O3S. The van der Waals surface area contributed by atoms with Crippen LogP contribution in [0.1, 0.15) is 6.42 Å². The Morgan fingerprint density at radius 3 is 2.67 bits per heavy atom. The molecule has 0 aliphatic carbocycles. The molecule has 2 N–H and O–H groups in total. The van der Waals surface area contributed by atoms with Gasteiger partial charge in [-0.3, -0.25) is 4.79 Å². The van der Waals surface area contributed by atoms with Gasteiger partial charge in [-0.15, -0.1) is 0 Å². The third kappa shape index (κ3) is 7.36. The van der Waals surface area contributed by atoms with Gasteiger partial charge in [0.1, 0.15) is 12.1 Å². The van der Waals surface area contributed by atoms with E-state index in [0.717, 1.165) is 0 Å². The Hall–Kier alpha value is -1.93. The van der Waals surface area contributed by atoms with Crippen molar-refractivity contribution in [3.8, 4) is 12.1 Å². The molecule has 0 aromatic heterocycles. The van der Waals surface area contributed by atoms with Gasteiger partial charge >= 0.3 is 6.09 Å². The first-order valence-corrected chi connectivity index (χ1v) is 6.49. The second-order valence-corrected chi connectivity index (χ2v) is 4.00. The number of carbonyl (C=O) groups is 2. The summed E-state index contributed by atoms with van der Waals surface area (Å²) in [6, 6.07) is 2.80. The number of thioether (sulfide) groups is 1. The van der Waals surface area contributed by atoms with E-state index in [1.165, 1.54) is 11.8 Å². The van der Waals surface area contributed by atoms with Crippen molar-refractivity contribution in [3.05, 3.63) is 0 Å². The van der Waals surface area contributed by atoms with E-state index in [4.69, 9.17) is 10.5 Å². The van der Waals surface area contributed by atoms with Gasteiger partial charge in [-0.1, -0.05) is 0 Å². The minimum absolute atomic E-state index is 0.205. The van der Waals surface area contributed by atoms with Crippen LogP contribution in [0.5, 0.6) is 0 Å². The van der Waals surface area contributed by atoms with Gasteiger partial charge < -0.3 is 15.4 Å². The molecule has 1 unspecified atom stereocenters. The molecule has 0 fully saturated rings. The van der Waals surface area contributed by atoms with Gasteiger partial charge in [0, 0.05) is 12.3 Å². The molecule has 0 aromatic rings. The standard InChI is InChI=1S/C10H14N4O3S/c1-18-7-8(9(15)13-5-2-3-11)14-10(16)17-6-4-12/h8H,2,5-7H2,1H3,(H,13,15)(H,14,16). The van der Waals surface area contributed by atoms with Gasteiger partial charge in [0.2, 0.25) is 5.91 Å². The summed E-state index contributed by atoms with van der Waals surface area (Å²) in [5.74, 6) is -0.00597. The number of nitrogens with one attached hydrogen (secondary N) is 2. The first-order chi connectivity index (χ1) is 8.65. The Labute approximate surface area is 109 Å². The second-order valence-electron chi connectivity index (χ2n) is 3.09. The predicted molar refractivity (Wildman–Crippen MR) is 65.5 cm³/mol. The van der Waals surface area contributed by atoms with Crippen LogP contribution in [0.15, 0.2) is 0 Å². The molecule has 0 bridgehead atoms. The van der Waals surface area contributed by atoms with Crippen LogP contribution in [-0.4, -0.2) is 43.2 Å². The second kappa shape index (κ2) is 10.2. The minimum atomic E-state index is -0.814. The molecule has 2 amide bonds. The molecule has 0 rings (SSSR count). The van der Waals surface area contributed by atoms with Crippen LogP contribution >= 0.6 is 11.8 Å². The van der Waals surface area contributed by atoms with E-state index in [-0.39, 0.29) is 25.5 Å². The average Bonchev–Trinajstić information content (AvgIpc) is 2.36. The molecule has 7 nitrogen and oxygen atoms in total. The van der Waals surface area contributed by atoms with Gasteiger partial charge in [0.15, 0.2) is 6.61 Å². The van der Waals surface area contributed by atoms with Gasteiger partial charge in [-0.2, -0.15) is 22.3 Å². The van der Waals surface area contributed by atoms with E-state index in [1.54, 1.807) is 12.3 Å². The van der Waals surface area contributed by atoms with Crippen LogP contribution in [0.4, 0.5) is 4.79 Å². The fourth-order valence-corrected chi connectivity index (χ4v) is 1.56. The van der Waals surface area contributed by atoms with Crippen LogP contribution in [0, 0.1) is 22.7 Å². The normalized spacial score (nSPS) is 10.6. The number of hydrogen-bond donors (Lipinski definition) is 2. The molecule has 0 aliphatic rings. The van der Waals surface area contributed by atoms with Crippen molar-refractivity contribution in [1.82, 2.24) is 10.6 Å². The zero-order valence-corrected chi connectivity index (χ0v) is 10.7. The summed E-state index contributed by atoms with van der Waals surface area (Å²) in [7, 11) is 0. The van der Waals surface area contributed by atoms with Crippen molar-refractivity contribution >= 4 is 23.8 Å². The van der Waals surface area contributed by atoms with Gasteiger partial charge in [0.25, 0.3) is 0 Å². The lowest BCUT2D eigenvalue weighted by Crippen LogP contribution is -2.48. The first-order valence-electron chi connectivity index (χ1n) is 5.09. The summed E-state index contributed by atoms with van der Waals surface area (Å²) < 4.78 is 4.49. The van der Waals surface area contributed by atoms with Crippen molar-refractivity contribution < 1.29 is 14.3 Å². The maximum atomic E-state index is 11.6. The molecule has 0 radical (unpaired) electrons. The summed E-state index contributed by atoms with van der Waals surface area (Å²) >= 11 is 1.38. The average molecular weight is 270 g/mol. The zero-order chi connectivity index (χ0) is 13.8. The third-order valence-electron chi connectivity index (χ3n) is 1.75. The van der Waals surface area contributed by atoms with Crippen LogP contribution in [0.3, 0.4) is 0 Å². The molecule has 0 spiro atoms. The number of alkyl carbamates (subject to hydrolysis) is 1. The van der Waals surface area contributed by atoms with E-state index in [0.29, 0.717) is 5.75 Å². The third-order valence-corrected chi connectivity index (χ3v) is 2.41. The zero-order valence-electron chi connectivity index (χ0n) is 9.93. The minimum Gasteiger partial charge on any atom is -0.434 e. The van der Waals surface area contributed by atoms with Crippen molar-refractivity contribution in [2.45, 2.75) is 12.5 Å². The first kappa shape index (κ1) is 16.1. The Morgan fingerprint density at radius 1 is 1.39 bits per heavy atom. The summed E-state index contributed by atoms with van der Waals surface area (Å²) in [5.41, 5.74) is 0. The Bertz CT molecular complexity index is 361. The number of hydrogen-bond acceptors (Lipinski definition) is 6. The highest BCUT2D eigenvalue weighted by molar-refractivity contribution is 7.98. The van der Waals surface area contributed by atoms with Crippen molar-refractivity contribution in [2.75, 3.05) is 25.2 Å². The molecular weight excluding hydrogens is 256 g/mol. The van der Waals surface area contributed by atoms with E-state index < -0.39 is 12.1 Å². The van der Waals surface area contributed by atoms with Gasteiger partial charge in [0.05, 0.1) is 12.5 Å². The monoisotopic (exact) mass is 270 g/mol. The highest BCUT2D eigenvalue weighted by Crippen LogP contribution is 1.98. The largest absolute Gasteiger partial charge is 0.434 e. The highest BCUT2D eigenvalue weighted by atomic mass is 32.2. The SMILES string of the molecule is CSCC(NC(=O)OCC#N)C(=O)NCCC#N. The molecule has 1 atom stereocenters. The summed E-state index contributed by atoms with van der Waals surface area (Å²) in [6.45, 7) is -0.136. The van der Waals surface area contributed by atoms with E-state index in [9.17, 15) is 9.59 Å². The highest BCUT2D eigenvalue weighted by Gasteiger charge is 2.20. The molecule has 0 saturated heterocycles. The molecule has 18 heavy (non-hydrogen) atoms. The lowest BCUT2D eigenvalue weighted by Gasteiger charge is -2.16. The van der Waals surface area contributed by atoms with Crippen molar-refractivity contribution in [1.29, 1.82) is 10.5 Å². The van der Waals surface area contributed by atoms with Gasteiger partial charge in [-0.25, -0.2) is 4.79 Å². The smallest absolute Gasteiger partial charge is 0.408 e. The van der Waals surface area contributed by atoms with E-state index >= 15 is 0 Å².